The molecule has 0 unspecified atom stereocenters. The molecule has 3 aromatic heterocycles. The van der Waals surface area contributed by atoms with E-state index in [1.54, 1.807) is 33.0 Å². The molecule has 26 heavy (non-hydrogen) atoms. The highest BCUT2D eigenvalue weighted by atomic mass is 16.2. The summed E-state index contributed by atoms with van der Waals surface area (Å²) in [6.45, 7) is 7.09. The van der Waals surface area contributed by atoms with Crippen molar-refractivity contribution < 1.29 is 4.79 Å². The van der Waals surface area contributed by atoms with E-state index in [1.165, 1.54) is 15.1 Å². The van der Waals surface area contributed by atoms with Gasteiger partial charge in [0.1, 0.15) is 5.56 Å². The third kappa shape index (κ3) is 2.94. The molecular formula is C18H21N5O3. The van der Waals surface area contributed by atoms with Gasteiger partial charge in [-0.2, -0.15) is 0 Å². The highest BCUT2D eigenvalue weighted by Gasteiger charge is 2.20. The van der Waals surface area contributed by atoms with Crippen LogP contribution < -0.4 is 16.4 Å². The molecule has 1 atom stereocenters. The summed E-state index contributed by atoms with van der Waals surface area (Å²) in [5, 5.41) is 5.66. The van der Waals surface area contributed by atoms with E-state index >= 15 is 0 Å². The molecule has 0 fully saturated rings. The molecule has 0 spiro atoms. The lowest BCUT2D eigenvalue weighted by Gasteiger charge is -2.15. The van der Waals surface area contributed by atoms with Gasteiger partial charge in [0.15, 0.2) is 5.65 Å². The maximum atomic E-state index is 12.6. The SMILES string of the molecule is Cc1cc2nc([C@@H](C)NC(=O)c3c(C)cc(C)n(C)c3=O)cc(=O)n2[nH]1. The van der Waals surface area contributed by atoms with Crippen molar-refractivity contribution in [3.63, 3.8) is 0 Å². The van der Waals surface area contributed by atoms with Crippen molar-refractivity contribution in [2.45, 2.75) is 33.7 Å². The minimum absolute atomic E-state index is 0.0974. The molecule has 2 N–H and O–H groups in total. The Kier molecular flexibility index (Phi) is 4.27. The lowest BCUT2D eigenvalue weighted by Crippen LogP contribution is -2.36. The van der Waals surface area contributed by atoms with E-state index in [2.05, 4.69) is 15.4 Å². The average Bonchev–Trinajstić information content (AvgIpc) is 2.93. The number of carbonyl (C=O) groups is 1. The van der Waals surface area contributed by atoms with Crippen LogP contribution in [0.3, 0.4) is 0 Å². The van der Waals surface area contributed by atoms with Gasteiger partial charge in [0.25, 0.3) is 17.0 Å². The van der Waals surface area contributed by atoms with E-state index in [0.717, 1.165) is 11.4 Å². The van der Waals surface area contributed by atoms with E-state index in [-0.39, 0.29) is 16.7 Å². The molecule has 3 rings (SSSR count). The van der Waals surface area contributed by atoms with Gasteiger partial charge in [-0.15, -0.1) is 0 Å². The zero-order valence-corrected chi connectivity index (χ0v) is 15.4. The van der Waals surface area contributed by atoms with E-state index in [0.29, 0.717) is 16.9 Å². The zero-order valence-electron chi connectivity index (χ0n) is 15.4. The molecule has 0 aromatic carbocycles. The number of aryl methyl sites for hydroxylation is 3. The second kappa shape index (κ2) is 6.29. The Morgan fingerprint density at radius 3 is 2.58 bits per heavy atom. The molecule has 0 bridgehead atoms. The summed E-state index contributed by atoms with van der Waals surface area (Å²) in [6.07, 6.45) is 0. The van der Waals surface area contributed by atoms with Crippen LogP contribution in [0, 0.1) is 20.8 Å². The van der Waals surface area contributed by atoms with Crippen LogP contribution in [0.15, 0.2) is 27.8 Å². The van der Waals surface area contributed by atoms with E-state index in [4.69, 9.17) is 0 Å². The molecule has 8 heteroatoms. The number of aromatic nitrogens is 4. The minimum atomic E-state index is -0.527. The van der Waals surface area contributed by atoms with Gasteiger partial charge in [-0.05, 0) is 39.3 Å². The van der Waals surface area contributed by atoms with Crippen molar-refractivity contribution in [1.82, 2.24) is 24.5 Å². The summed E-state index contributed by atoms with van der Waals surface area (Å²) < 4.78 is 2.78. The van der Waals surface area contributed by atoms with Crippen LogP contribution >= 0.6 is 0 Å². The summed E-state index contributed by atoms with van der Waals surface area (Å²) in [5.74, 6) is -0.483. The topological polar surface area (TPSA) is 101 Å². The third-order valence-corrected chi connectivity index (χ3v) is 4.48. The molecule has 0 aliphatic heterocycles. The first-order valence-corrected chi connectivity index (χ1v) is 8.26. The van der Waals surface area contributed by atoms with Crippen LogP contribution in [0.25, 0.3) is 5.65 Å². The molecule has 0 saturated heterocycles. The van der Waals surface area contributed by atoms with E-state index in [1.807, 2.05) is 13.8 Å². The summed E-state index contributed by atoms with van der Waals surface area (Å²) in [6, 6.07) is 4.38. The summed E-state index contributed by atoms with van der Waals surface area (Å²) >= 11 is 0. The van der Waals surface area contributed by atoms with Gasteiger partial charge in [-0.25, -0.2) is 9.50 Å². The monoisotopic (exact) mass is 355 g/mol. The van der Waals surface area contributed by atoms with Gasteiger partial charge in [-0.3, -0.25) is 19.5 Å². The van der Waals surface area contributed by atoms with Crippen molar-refractivity contribution in [2.24, 2.45) is 7.05 Å². The highest BCUT2D eigenvalue weighted by Crippen LogP contribution is 2.12. The maximum absolute atomic E-state index is 12.6. The van der Waals surface area contributed by atoms with Crippen LogP contribution in [0.5, 0.6) is 0 Å². The van der Waals surface area contributed by atoms with Gasteiger partial charge >= 0.3 is 0 Å². The second-order valence-corrected chi connectivity index (χ2v) is 6.56. The molecule has 0 saturated carbocycles. The fraction of sp³-hybridized carbons (Fsp3) is 0.333. The largest absolute Gasteiger partial charge is 0.344 e. The average molecular weight is 355 g/mol. The van der Waals surface area contributed by atoms with Gasteiger partial charge in [-0.1, -0.05) is 0 Å². The second-order valence-electron chi connectivity index (χ2n) is 6.56. The Balaban J connectivity index is 1.95. The first-order chi connectivity index (χ1) is 12.2. The molecule has 0 aliphatic carbocycles. The lowest BCUT2D eigenvalue weighted by molar-refractivity contribution is 0.0936. The summed E-state index contributed by atoms with van der Waals surface area (Å²) in [5.41, 5.74) is 2.60. The number of rotatable bonds is 3. The first kappa shape index (κ1) is 17.7. The van der Waals surface area contributed by atoms with Crippen LogP contribution in [0.4, 0.5) is 0 Å². The lowest BCUT2D eigenvalue weighted by atomic mass is 10.1. The summed E-state index contributed by atoms with van der Waals surface area (Å²) in [4.78, 5) is 41.7. The number of hydrogen-bond acceptors (Lipinski definition) is 4. The molecule has 3 heterocycles. The van der Waals surface area contributed by atoms with E-state index in [9.17, 15) is 14.4 Å². The number of fused-ring (bicyclic) bond motifs is 1. The zero-order chi connectivity index (χ0) is 19.2. The predicted octanol–water partition coefficient (Wildman–Crippen LogP) is 1.14. The maximum Gasteiger partial charge on any atom is 0.272 e. The van der Waals surface area contributed by atoms with Gasteiger partial charge in [0.2, 0.25) is 0 Å². The molecule has 136 valence electrons. The van der Waals surface area contributed by atoms with Crippen molar-refractivity contribution in [1.29, 1.82) is 0 Å². The number of amides is 1. The quantitative estimate of drug-likeness (QED) is 0.735. The standard InChI is InChI=1S/C18H21N5O3/c1-9-6-11(3)22(5)18(26)16(9)17(25)19-12(4)13-8-15(24)23-14(20-13)7-10(2)21-23/h6-8,12,21H,1-5H3,(H,19,25)/t12-/m1/s1. The molecule has 1 amide bonds. The number of nitrogens with zero attached hydrogens (tertiary/aromatic N) is 3. The fourth-order valence-corrected chi connectivity index (χ4v) is 2.95. The van der Waals surface area contributed by atoms with Crippen LogP contribution in [0.2, 0.25) is 0 Å². The number of H-pyrrole nitrogens is 1. The summed E-state index contributed by atoms with van der Waals surface area (Å²) in [7, 11) is 1.63. The van der Waals surface area contributed by atoms with Crippen LogP contribution in [0.1, 0.15) is 46.0 Å². The smallest absolute Gasteiger partial charge is 0.272 e. The molecule has 0 radical (unpaired) electrons. The van der Waals surface area contributed by atoms with Crippen molar-refractivity contribution >= 4 is 11.6 Å². The highest BCUT2D eigenvalue weighted by molar-refractivity contribution is 5.95. The third-order valence-electron chi connectivity index (χ3n) is 4.48. The Labute approximate surface area is 149 Å². The van der Waals surface area contributed by atoms with Crippen molar-refractivity contribution in [3.8, 4) is 0 Å². The Morgan fingerprint density at radius 1 is 1.19 bits per heavy atom. The first-order valence-electron chi connectivity index (χ1n) is 8.26. The number of carbonyl (C=O) groups excluding carboxylic acids is 1. The molecule has 0 aliphatic rings. The molecule has 8 nitrogen and oxygen atoms in total. The van der Waals surface area contributed by atoms with Crippen molar-refractivity contribution in [3.05, 3.63) is 67.1 Å². The Bertz CT molecular complexity index is 1140. The van der Waals surface area contributed by atoms with Gasteiger partial charge in [0.05, 0.1) is 11.7 Å². The number of hydrogen-bond donors (Lipinski definition) is 2. The fourth-order valence-electron chi connectivity index (χ4n) is 2.95. The predicted molar refractivity (Wildman–Crippen MR) is 97.6 cm³/mol. The minimum Gasteiger partial charge on any atom is -0.344 e. The number of pyridine rings is 1. The number of aromatic amines is 1. The molecule has 3 aromatic rings. The van der Waals surface area contributed by atoms with Crippen LogP contribution in [-0.2, 0) is 7.05 Å². The van der Waals surface area contributed by atoms with Crippen molar-refractivity contribution in [2.75, 3.05) is 0 Å². The number of nitrogens with one attached hydrogen (secondary N) is 2. The Hall–Kier alpha value is -3.16. The van der Waals surface area contributed by atoms with E-state index < -0.39 is 11.9 Å². The normalized spacial score (nSPS) is 12.3. The van der Waals surface area contributed by atoms with Crippen LogP contribution in [-0.4, -0.2) is 25.1 Å². The van der Waals surface area contributed by atoms with Gasteiger partial charge in [0, 0.05) is 30.6 Å². The molecular weight excluding hydrogens is 334 g/mol. The van der Waals surface area contributed by atoms with Gasteiger partial charge < -0.3 is 9.88 Å². The Morgan fingerprint density at radius 2 is 1.88 bits per heavy atom.